The van der Waals surface area contributed by atoms with Crippen LogP contribution in [0.25, 0.3) is 0 Å². The molecular weight excluding hydrogens is 307 g/mol. The van der Waals surface area contributed by atoms with Crippen molar-refractivity contribution in [2.45, 2.75) is 12.6 Å². The van der Waals surface area contributed by atoms with E-state index < -0.39 is 0 Å². The second kappa shape index (κ2) is 8.57. The van der Waals surface area contributed by atoms with Crippen LogP contribution in [0, 0.1) is 5.82 Å². The number of amides is 1. The van der Waals surface area contributed by atoms with Crippen LogP contribution in [0.15, 0.2) is 48.5 Å². The summed E-state index contributed by atoms with van der Waals surface area (Å²) >= 11 is 0. The number of benzene rings is 2. The smallest absolute Gasteiger partial charge is 0.251 e. The van der Waals surface area contributed by atoms with Gasteiger partial charge < -0.3 is 15.0 Å². The fourth-order valence-electron chi connectivity index (χ4n) is 2.52. The molecule has 0 aliphatic heterocycles. The van der Waals surface area contributed by atoms with E-state index in [9.17, 15) is 9.18 Å². The number of nitrogens with zero attached hydrogens (tertiary/aromatic N) is 1. The number of methoxy groups -OCH3 is 1. The van der Waals surface area contributed by atoms with Gasteiger partial charge in [-0.3, -0.25) is 4.79 Å². The lowest BCUT2D eigenvalue weighted by atomic mass is 10.1. The molecule has 1 N–H and O–H groups in total. The van der Waals surface area contributed by atoms with E-state index in [0.717, 1.165) is 11.1 Å². The first-order valence-electron chi connectivity index (χ1n) is 7.79. The zero-order valence-corrected chi connectivity index (χ0v) is 14.3. The average molecular weight is 330 g/mol. The van der Waals surface area contributed by atoms with Gasteiger partial charge >= 0.3 is 0 Å². The maximum atomic E-state index is 13.4. The lowest BCUT2D eigenvalue weighted by Crippen LogP contribution is -2.34. The van der Waals surface area contributed by atoms with E-state index in [2.05, 4.69) is 5.32 Å². The molecule has 0 aromatic heterocycles. The molecule has 0 heterocycles. The third-order valence-electron chi connectivity index (χ3n) is 3.84. The minimum Gasteiger partial charge on any atom is -0.380 e. The van der Waals surface area contributed by atoms with E-state index >= 15 is 0 Å². The van der Waals surface area contributed by atoms with Crippen molar-refractivity contribution in [2.75, 3.05) is 27.7 Å². The van der Waals surface area contributed by atoms with E-state index in [4.69, 9.17) is 4.74 Å². The van der Waals surface area contributed by atoms with Crippen LogP contribution < -0.4 is 5.32 Å². The van der Waals surface area contributed by atoms with Crippen molar-refractivity contribution in [2.24, 2.45) is 0 Å². The largest absolute Gasteiger partial charge is 0.380 e. The standard InChI is InChI=1S/C19H23FN2O2/c1-22(2)18(16-5-4-6-17(20)11-16)12-21-19(23)15-9-7-14(8-10-15)13-24-3/h4-11,18H,12-13H2,1-3H3,(H,21,23). The Bertz CT molecular complexity index is 671. The Morgan fingerprint density at radius 3 is 2.50 bits per heavy atom. The summed E-state index contributed by atoms with van der Waals surface area (Å²) in [7, 11) is 5.44. The lowest BCUT2D eigenvalue weighted by molar-refractivity contribution is 0.0942. The molecular formula is C19H23FN2O2. The Hall–Kier alpha value is -2.24. The Kier molecular flexibility index (Phi) is 6.46. The first kappa shape index (κ1) is 18.1. The maximum absolute atomic E-state index is 13.4. The van der Waals surface area contributed by atoms with Crippen LogP contribution in [-0.4, -0.2) is 38.6 Å². The van der Waals surface area contributed by atoms with Gasteiger partial charge in [-0.2, -0.15) is 0 Å². The van der Waals surface area contributed by atoms with E-state index in [1.165, 1.54) is 12.1 Å². The number of hydrogen-bond donors (Lipinski definition) is 1. The van der Waals surface area contributed by atoms with Crippen molar-refractivity contribution in [1.82, 2.24) is 10.2 Å². The molecule has 0 spiro atoms. The molecule has 1 atom stereocenters. The number of ether oxygens (including phenoxy) is 1. The molecule has 128 valence electrons. The highest BCUT2D eigenvalue weighted by Gasteiger charge is 2.16. The molecule has 0 fully saturated rings. The predicted molar refractivity (Wildman–Crippen MR) is 92.3 cm³/mol. The summed E-state index contributed by atoms with van der Waals surface area (Å²) in [5.41, 5.74) is 2.43. The van der Waals surface area contributed by atoms with Crippen molar-refractivity contribution in [3.63, 3.8) is 0 Å². The first-order valence-corrected chi connectivity index (χ1v) is 7.79. The number of rotatable bonds is 7. The topological polar surface area (TPSA) is 41.6 Å². The molecule has 4 nitrogen and oxygen atoms in total. The van der Waals surface area contributed by atoms with Crippen LogP contribution in [0.5, 0.6) is 0 Å². The van der Waals surface area contributed by atoms with Gasteiger partial charge in [0.25, 0.3) is 5.91 Å². The molecule has 0 saturated heterocycles. The van der Waals surface area contributed by atoms with Crippen molar-refractivity contribution in [3.05, 3.63) is 71.0 Å². The Balaban J connectivity index is 2.02. The zero-order valence-electron chi connectivity index (χ0n) is 14.3. The van der Waals surface area contributed by atoms with Crippen molar-refractivity contribution < 1.29 is 13.9 Å². The van der Waals surface area contributed by atoms with Crippen LogP contribution >= 0.6 is 0 Å². The summed E-state index contributed by atoms with van der Waals surface area (Å²) < 4.78 is 18.5. The van der Waals surface area contributed by atoms with Gasteiger partial charge in [-0.25, -0.2) is 4.39 Å². The fourth-order valence-corrected chi connectivity index (χ4v) is 2.52. The molecule has 0 saturated carbocycles. The zero-order chi connectivity index (χ0) is 17.5. The Labute approximate surface area is 142 Å². The molecule has 2 rings (SSSR count). The molecule has 24 heavy (non-hydrogen) atoms. The minimum atomic E-state index is -0.278. The molecule has 0 aliphatic carbocycles. The van der Waals surface area contributed by atoms with E-state index in [1.807, 2.05) is 37.2 Å². The van der Waals surface area contributed by atoms with Gasteiger partial charge in [0.05, 0.1) is 12.6 Å². The van der Waals surface area contributed by atoms with E-state index in [0.29, 0.717) is 18.7 Å². The summed E-state index contributed by atoms with van der Waals surface area (Å²) in [5, 5.41) is 2.92. The third-order valence-corrected chi connectivity index (χ3v) is 3.84. The quantitative estimate of drug-likeness (QED) is 0.848. The molecule has 5 heteroatoms. The van der Waals surface area contributed by atoms with Crippen LogP contribution in [-0.2, 0) is 11.3 Å². The van der Waals surface area contributed by atoms with E-state index in [-0.39, 0.29) is 17.8 Å². The molecule has 2 aromatic rings. The normalized spacial score (nSPS) is 12.2. The van der Waals surface area contributed by atoms with Gasteiger partial charge in [0, 0.05) is 19.2 Å². The van der Waals surface area contributed by atoms with Crippen LogP contribution in [0.1, 0.15) is 27.5 Å². The van der Waals surface area contributed by atoms with Gasteiger partial charge in [0.1, 0.15) is 5.82 Å². The van der Waals surface area contributed by atoms with Gasteiger partial charge in [-0.15, -0.1) is 0 Å². The number of carbonyl (C=O) groups excluding carboxylic acids is 1. The number of nitrogens with one attached hydrogen (secondary N) is 1. The van der Waals surface area contributed by atoms with Gasteiger partial charge in [0.15, 0.2) is 0 Å². The summed E-state index contributed by atoms with van der Waals surface area (Å²) in [5.74, 6) is -0.429. The number of likely N-dealkylation sites (N-methyl/N-ethyl adjacent to an activating group) is 1. The molecule has 1 amide bonds. The molecule has 0 aliphatic rings. The Morgan fingerprint density at radius 1 is 1.21 bits per heavy atom. The van der Waals surface area contributed by atoms with Crippen molar-refractivity contribution in [3.8, 4) is 0 Å². The Morgan fingerprint density at radius 2 is 1.92 bits per heavy atom. The van der Waals surface area contributed by atoms with Gasteiger partial charge in [0.2, 0.25) is 0 Å². The summed E-state index contributed by atoms with van der Waals surface area (Å²) in [6, 6.07) is 13.6. The molecule has 1 unspecified atom stereocenters. The van der Waals surface area contributed by atoms with E-state index in [1.54, 1.807) is 25.3 Å². The summed E-state index contributed by atoms with van der Waals surface area (Å²) in [6.07, 6.45) is 0. The second-order valence-corrected chi connectivity index (χ2v) is 5.87. The highest BCUT2D eigenvalue weighted by molar-refractivity contribution is 5.94. The summed E-state index contributed by atoms with van der Waals surface area (Å²) in [4.78, 5) is 14.3. The number of carbonyl (C=O) groups is 1. The highest BCUT2D eigenvalue weighted by Crippen LogP contribution is 2.18. The summed E-state index contributed by atoms with van der Waals surface area (Å²) in [6.45, 7) is 0.916. The number of halogens is 1. The van der Waals surface area contributed by atoms with Crippen LogP contribution in [0.2, 0.25) is 0 Å². The van der Waals surface area contributed by atoms with Crippen LogP contribution in [0.3, 0.4) is 0 Å². The average Bonchev–Trinajstić information content (AvgIpc) is 2.55. The SMILES string of the molecule is COCc1ccc(C(=O)NCC(c2cccc(F)c2)N(C)C)cc1. The van der Waals surface area contributed by atoms with Gasteiger partial charge in [-0.1, -0.05) is 24.3 Å². The molecule has 0 bridgehead atoms. The van der Waals surface area contributed by atoms with Crippen molar-refractivity contribution >= 4 is 5.91 Å². The van der Waals surface area contributed by atoms with Crippen molar-refractivity contribution in [1.29, 1.82) is 0 Å². The maximum Gasteiger partial charge on any atom is 0.251 e. The lowest BCUT2D eigenvalue weighted by Gasteiger charge is -2.25. The fraction of sp³-hybridized carbons (Fsp3) is 0.316. The molecule has 0 radical (unpaired) electrons. The first-order chi connectivity index (χ1) is 11.5. The third kappa shape index (κ3) is 4.88. The minimum absolute atomic E-state index is 0.0996. The highest BCUT2D eigenvalue weighted by atomic mass is 19.1. The second-order valence-electron chi connectivity index (χ2n) is 5.87. The molecule has 2 aromatic carbocycles. The predicted octanol–water partition coefficient (Wildman–Crippen LogP) is 3.00. The number of hydrogen-bond acceptors (Lipinski definition) is 3. The van der Waals surface area contributed by atoms with Gasteiger partial charge in [-0.05, 0) is 49.5 Å². The monoisotopic (exact) mass is 330 g/mol. The van der Waals surface area contributed by atoms with Crippen LogP contribution in [0.4, 0.5) is 4.39 Å².